The van der Waals surface area contributed by atoms with E-state index >= 15 is 0 Å². The maximum absolute atomic E-state index is 13.0. The van der Waals surface area contributed by atoms with Crippen LogP contribution in [0.1, 0.15) is 78.6 Å². The highest BCUT2D eigenvalue weighted by Gasteiger charge is 2.43. The minimum Gasteiger partial charge on any atom is -0.388 e. The van der Waals surface area contributed by atoms with Crippen LogP contribution in [0.4, 0.5) is 13.2 Å². The van der Waals surface area contributed by atoms with Gasteiger partial charge in [-0.25, -0.2) is 0 Å². The zero-order valence-electron chi connectivity index (χ0n) is 18.2. The van der Waals surface area contributed by atoms with Gasteiger partial charge in [0.25, 0.3) is 0 Å². The van der Waals surface area contributed by atoms with Gasteiger partial charge >= 0.3 is 6.18 Å². The van der Waals surface area contributed by atoms with E-state index in [1.54, 1.807) is 6.92 Å². The molecular formula is C23H38F3N3. The molecule has 29 heavy (non-hydrogen) atoms. The minimum absolute atomic E-state index is 0.0331. The molecule has 1 fully saturated rings. The molecule has 6 atom stereocenters. The van der Waals surface area contributed by atoms with Crippen LogP contribution in [0.3, 0.4) is 0 Å². The molecule has 1 heterocycles. The third kappa shape index (κ3) is 6.32. The first-order chi connectivity index (χ1) is 13.7. The van der Waals surface area contributed by atoms with Crippen molar-refractivity contribution in [3.05, 3.63) is 12.2 Å². The van der Waals surface area contributed by atoms with Crippen LogP contribution in [0.5, 0.6) is 0 Å². The monoisotopic (exact) mass is 413 g/mol. The number of amidine groups is 1. The van der Waals surface area contributed by atoms with Gasteiger partial charge in [0.2, 0.25) is 0 Å². The summed E-state index contributed by atoms with van der Waals surface area (Å²) >= 11 is 0. The molecule has 0 radical (unpaired) electrons. The maximum Gasteiger partial charge on any atom is 0.410 e. The number of aliphatic imine (C=N–C) groups is 2. The summed E-state index contributed by atoms with van der Waals surface area (Å²) in [6.07, 6.45) is 5.54. The Morgan fingerprint density at radius 2 is 2.00 bits per heavy atom. The molecule has 0 saturated heterocycles. The largest absolute Gasteiger partial charge is 0.410 e. The number of hydrogen-bond donors (Lipinski definition) is 1. The third-order valence-corrected chi connectivity index (χ3v) is 6.79. The van der Waals surface area contributed by atoms with E-state index in [1.165, 1.54) is 24.6 Å². The molecule has 2 aliphatic rings. The van der Waals surface area contributed by atoms with Crippen molar-refractivity contribution in [1.82, 2.24) is 0 Å². The van der Waals surface area contributed by atoms with E-state index < -0.39 is 12.2 Å². The molecule has 1 aliphatic carbocycles. The van der Waals surface area contributed by atoms with Gasteiger partial charge in [0.05, 0.1) is 11.9 Å². The number of halogens is 3. The van der Waals surface area contributed by atoms with Gasteiger partial charge in [-0.2, -0.15) is 13.2 Å². The Balaban J connectivity index is 2.32. The number of allylic oxidation sites excluding steroid dienone is 1. The fourth-order valence-corrected chi connectivity index (χ4v) is 5.43. The summed E-state index contributed by atoms with van der Waals surface area (Å²) in [5.74, 6) is 1.60. The van der Waals surface area contributed by atoms with Crippen LogP contribution in [0.25, 0.3) is 0 Å². The van der Waals surface area contributed by atoms with Crippen LogP contribution in [-0.2, 0) is 0 Å². The van der Waals surface area contributed by atoms with Crippen molar-refractivity contribution in [2.75, 3.05) is 0 Å². The van der Waals surface area contributed by atoms with Crippen molar-refractivity contribution in [2.45, 2.75) is 96.8 Å². The highest BCUT2D eigenvalue weighted by molar-refractivity contribution is 5.78. The van der Waals surface area contributed by atoms with E-state index in [-0.39, 0.29) is 24.3 Å². The van der Waals surface area contributed by atoms with E-state index in [9.17, 15) is 13.2 Å². The van der Waals surface area contributed by atoms with Gasteiger partial charge in [-0.05, 0) is 63.2 Å². The summed E-state index contributed by atoms with van der Waals surface area (Å²) in [5, 5.41) is 0. The maximum atomic E-state index is 13.0. The highest BCUT2D eigenvalue weighted by atomic mass is 19.4. The Labute approximate surface area is 174 Å². The summed E-state index contributed by atoms with van der Waals surface area (Å²) in [6.45, 7) is 10.5. The lowest BCUT2D eigenvalue weighted by molar-refractivity contribution is -0.149. The Morgan fingerprint density at radius 3 is 2.48 bits per heavy atom. The third-order valence-electron chi connectivity index (χ3n) is 6.79. The first-order valence-corrected chi connectivity index (χ1v) is 11.3. The lowest BCUT2D eigenvalue weighted by atomic mass is 9.65. The molecule has 2 N–H and O–H groups in total. The molecule has 1 aliphatic heterocycles. The van der Waals surface area contributed by atoms with Crippen molar-refractivity contribution >= 4 is 12.1 Å². The van der Waals surface area contributed by atoms with Crippen LogP contribution in [0.15, 0.2) is 22.1 Å². The van der Waals surface area contributed by atoms with Crippen LogP contribution in [-0.4, -0.2) is 30.3 Å². The van der Waals surface area contributed by atoms with Crippen molar-refractivity contribution in [1.29, 1.82) is 0 Å². The van der Waals surface area contributed by atoms with Gasteiger partial charge in [0.15, 0.2) is 0 Å². The fourth-order valence-electron chi connectivity index (χ4n) is 5.43. The van der Waals surface area contributed by atoms with Gasteiger partial charge in [-0.15, -0.1) is 0 Å². The molecule has 6 unspecified atom stereocenters. The van der Waals surface area contributed by atoms with E-state index in [2.05, 4.69) is 25.4 Å². The van der Waals surface area contributed by atoms with Gasteiger partial charge in [-0.3, -0.25) is 9.98 Å². The lowest BCUT2D eigenvalue weighted by Gasteiger charge is -2.42. The molecule has 0 aromatic rings. The van der Waals surface area contributed by atoms with Crippen molar-refractivity contribution in [3.63, 3.8) is 0 Å². The summed E-state index contributed by atoms with van der Waals surface area (Å²) < 4.78 is 39.1. The zero-order chi connectivity index (χ0) is 21.6. The predicted molar refractivity (Wildman–Crippen MR) is 115 cm³/mol. The normalized spacial score (nSPS) is 29.5. The second-order valence-electron chi connectivity index (χ2n) is 8.89. The smallest absolute Gasteiger partial charge is 0.388 e. The molecular weight excluding hydrogens is 375 g/mol. The Kier molecular flexibility index (Phi) is 8.77. The lowest BCUT2D eigenvalue weighted by Crippen LogP contribution is -2.41. The van der Waals surface area contributed by atoms with Crippen LogP contribution in [0.2, 0.25) is 0 Å². The van der Waals surface area contributed by atoms with Gasteiger partial charge in [0, 0.05) is 12.1 Å². The molecule has 166 valence electrons. The number of nitrogens with zero attached hydrogens (tertiary/aromatic N) is 2. The first-order valence-electron chi connectivity index (χ1n) is 11.3. The average molecular weight is 414 g/mol. The molecule has 1 saturated carbocycles. The minimum atomic E-state index is -4.27. The molecule has 0 amide bonds. The van der Waals surface area contributed by atoms with Gasteiger partial charge in [-0.1, -0.05) is 45.3 Å². The zero-order valence-corrected chi connectivity index (χ0v) is 18.2. The Morgan fingerprint density at radius 1 is 1.28 bits per heavy atom. The SMILES string of the molecule is C=C1CCCCC1C(CCC)C(CC)C(N=C(C)N)C1C=NC(C(F)(F)F)CC1. The fraction of sp³-hybridized carbons (Fsp3) is 0.826. The topological polar surface area (TPSA) is 50.7 Å². The van der Waals surface area contributed by atoms with Gasteiger partial charge < -0.3 is 5.73 Å². The second kappa shape index (κ2) is 10.6. The first kappa shape index (κ1) is 23.9. The van der Waals surface area contributed by atoms with Crippen molar-refractivity contribution in [3.8, 4) is 0 Å². The van der Waals surface area contributed by atoms with E-state index in [0.717, 1.165) is 32.1 Å². The molecule has 3 nitrogen and oxygen atoms in total. The molecule has 0 aromatic heterocycles. The summed E-state index contributed by atoms with van der Waals surface area (Å²) in [7, 11) is 0. The van der Waals surface area contributed by atoms with Crippen LogP contribution < -0.4 is 5.73 Å². The number of rotatable bonds is 8. The number of hydrogen-bond acceptors (Lipinski definition) is 2. The average Bonchev–Trinajstić information content (AvgIpc) is 2.66. The summed E-state index contributed by atoms with van der Waals surface area (Å²) in [5.41, 5.74) is 7.32. The summed E-state index contributed by atoms with van der Waals surface area (Å²) in [6, 6.07) is -1.69. The summed E-state index contributed by atoms with van der Waals surface area (Å²) in [4.78, 5) is 8.66. The van der Waals surface area contributed by atoms with E-state index in [0.29, 0.717) is 24.1 Å². The predicted octanol–water partition coefficient (Wildman–Crippen LogP) is 6.33. The van der Waals surface area contributed by atoms with Crippen LogP contribution in [0, 0.1) is 23.7 Å². The Bertz CT molecular complexity index is 593. The molecule has 0 spiro atoms. The highest BCUT2D eigenvalue weighted by Crippen LogP contribution is 2.44. The van der Waals surface area contributed by atoms with E-state index in [4.69, 9.17) is 10.7 Å². The molecule has 2 rings (SSSR count). The molecule has 6 heteroatoms. The van der Waals surface area contributed by atoms with Crippen LogP contribution >= 0.6 is 0 Å². The van der Waals surface area contributed by atoms with Crippen molar-refractivity contribution in [2.24, 2.45) is 39.4 Å². The standard InChI is InChI=1S/C23H38F3N3/c1-5-9-20(19-11-8-7-10-15(19)3)18(6-2)22(29-16(4)27)17-12-13-21(28-14-17)23(24,25)26/h14,17-22H,3,5-13H2,1-2,4H3,(H2,27,29). The molecule has 0 bridgehead atoms. The number of alkyl halides is 3. The molecule has 0 aromatic carbocycles. The Hall–Kier alpha value is -1.33. The quantitative estimate of drug-likeness (QED) is 0.282. The number of nitrogens with two attached hydrogens (primary N) is 1. The second-order valence-corrected chi connectivity index (χ2v) is 8.89. The van der Waals surface area contributed by atoms with Gasteiger partial charge in [0.1, 0.15) is 6.04 Å². The van der Waals surface area contributed by atoms with Crippen molar-refractivity contribution < 1.29 is 13.2 Å². The van der Waals surface area contributed by atoms with E-state index in [1.807, 2.05) is 0 Å².